The zero-order valence-corrected chi connectivity index (χ0v) is 15.6. The summed E-state index contributed by atoms with van der Waals surface area (Å²) in [5.74, 6) is 0.530. The van der Waals surface area contributed by atoms with Gasteiger partial charge in [0.25, 0.3) is 5.56 Å². The van der Waals surface area contributed by atoms with Crippen molar-refractivity contribution in [1.82, 2.24) is 14.8 Å². The van der Waals surface area contributed by atoms with Crippen molar-refractivity contribution in [1.29, 1.82) is 0 Å². The Morgan fingerprint density at radius 1 is 0.929 bits per heavy atom. The van der Waals surface area contributed by atoms with Gasteiger partial charge in [0.15, 0.2) is 0 Å². The monoisotopic (exact) mass is 385 g/mol. The van der Waals surface area contributed by atoms with E-state index in [1.807, 2.05) is 72.1 Å². The standard InChI is InChI=1S/C22H15N3O2S/c26-22-18-10-5-4-9-17(18)20(19-11-6-12-28-19)24-25(22)13-16-14-27-21(23-16)15-7-2-1-3-8-15/h1-12,14H,13H2. The Bertz CT molecular complexity index is 1300. The van der Waals surface area contributed by atoms with Gasteiger partial charge in [-0.3, -0.25) is 4.79 Å². The molecule has 3 heterocycles. The van der Waals surface area contributed by atoms with Crippen LogP contribution in [-0.2, 0) is 6.54 Å². The summed E-state index contributed by atoms with van der Waals surface area (Å²) < 4.78 is 7.06. The SMILES string of the molecule is O=c1c2ccccc2c(-c2cccs2)nn1Cc1coc(-c2ccccc2)n1. The van der Waals surface area contributed by atoms with Gasteiger partial charge < -0.3 is 4.42 Å². The predicted octanol–water partition coefficient (Wildman–Crippen LogP) is 4.83. The van der Waals surface area contributed by atoms with Gasteiger partial charge in [0.05, 0.1) is 16.8 Å². The molecule has 5 aromatic rings. The second-order valence-electron chi connectivity index (χ2n) is 6.34. The number of thiophene rings is 1. The number of fused-ring (bicyclic) bond motifs is 1. The number of oxazole rings is 1. The number of rotatable bonds is 4. The third kappa shape index (κ3) is 2.93. The Morgan fingerprint density at radius 2 is 1.71 bits per heavy atom. The molecule has 0 aliphatic rings. The van der Waals surface area contributed by atoms with Crippen LogP contribution >= 0.6 is 11.3 Å². The molecule has 136 valence electrons. The molecule has 0 aliphatic carbocycles. The van der Waals surface area contributed by atoms with Gasteiger partial charge in [0.2, 0.25) is 5.89 Å². The van der Waals surface area contributed by atoms with Gasteiger partial charge in [-0.15, -0.1) is 11.3 Å². The Kier molecular flexibility index (Phi) is 4.10. The minimum atomic E-state index is -0.139. The van der Waals surface area contributed by atoms with E-state index in [2.05, 4.69) is 10.1 Å². The zero-order chi connectivity index (χ0) is 18.9. The molecule has 0 unspecified atom stereocenters. The first-order valence-corrected chi connectivity index (χ1v) is 9.71. The number of hydrogen-bond acceptors (Lipinski definition) is 5. The van der Waals surface area contributed by atoms with E-state index in [0.29, 0.717) is 17.0 Å². The maximum absolute atomic E-state index is 13.0. The molecular formula is C22H15N3O2S. The van der Waals surface area contributed by atoms with E-state index in [9.17, 15) is 4.79 Å². The molecule has 0 saturated carbocycles. The van der Waals surface area contributed by atoms with Gasteiger partial charge in [-0.1, -0.05) is 42.5 Å². The summed E-state index contributed by atoms with van der Waals surface area (Å²) in [5, 5.41) is 8.16. The van der Waals surface area contributed by atoms with Crippen LogP contribution < -0.4 is 5.56 Å². The van der Waals surface area contributed by atoms with Crippen LogP contribution in [0, 0.1) is 0 Å². The van der Waals surface area contributed by atoms with Crippen LogP contribution in [0.2, 0.25) is 0 Å². The van der Waals surface area contributed by atoms with Crippen LogP contribution in [-0.4, -0.2) is 14.8 Å². The smallest absolute Gasteiger partial charge is 0.275 e. The van der Waals surface area contributed by atoms with Crippen molar-refractivity contribution in [3.05, 3.63) is 94.4 Å². The topological polar surface area (TPSA) is 60.9 Å². The fourth-order valence-corrected chi connectivity index (χ4v) is 3.91. The van der Waals surface area contributed by atoms with Gasteiger partial charge in [-0.2, -0.15) is 5.10 Å². The Labute approximate surface area is 164 Å². The van der Waals surface area contributed by atoms with Crippen molar-refractivity contribution in [2.75, 3.05) is 0 Å². The van der Waals surface area contributed by atoms with E-state index in [1.54, 1.807) is 17.6 Å². The van der Waals surface area contributed by atoms with Gasteiger partial charge in [0.1, 0.15) is 17.7 Å². The predicted molar refractivity (Wildman–Crippen MR) is 110 cm³/mol. The summed E-state index contributed by atoms with van der Waals surface area (Å²) in [6.45, 7) is 0.248. The Hall–Kier alpha value is -3.51. The second kappa shape index (κ2) is 6.90. The van der Waals surface area contributed by atoms with Gasteiger partial charge >= 0.3 is 0 Å². The summed E-state index contributed by atoms with van der Waals surface area (Å²) in [6.07, 6.45) is 1.58. The van der Waals surface area contributed by atoms with Crippen LogP contribution in [0.25, 0.3) is 32.8 Å². The molecular weight excluding hydrogens is 370 g/mol. The highest BCUT2D eigenvalue weighted by Crippen LogP contribution is 2.28. The normalized spacial score (nSPS) is 11.1. The largest absolute Gasteiger partial charge is 0.444 e. The summed E-state index contributed by atoms with van der Waals surface area (Å²) in [7, 11) is 0. The lowest BCUT2D eigenvalue weighted by molar-refractivity contribution is 0.568. The fraction of sp³-hybridized carbons (Fsp3) is 0.0455. The zero-order valence-electron chi connectivity index (χ0n) is 14.8. The van der Waals surface area contributed by atoms with Gasteiger partial charge in [0, 0.05) is 10.9 Å². The van der Waals surface area contributed by atoms with Crippen molar-refractivity contribution in [2.24, 2.45) is 0 Å². The summed E-state index contributed by atoms with van der Waals surface area (Å²) in [5.41, 5.74) is 2.21. The first-order chi connectivity index (χ1) is 13.8. The maximum Gasteiger partial charge on any atom is 0.275 e. The summed E-state index contributed by atoms with van der Waals surface area (Å²) in [4.78, 5) is 18.5. The molecule has 0 radical (unpaired) electrons. The molecule has 28 heavy (non-hydrogen) atoms. The van der Waals surface area contributed by atoms with E-state index in [1.165, 1.54) is 4.68 Å². The third-order valence-electron chi connectivity index (χ3n) is 4.51. The van der Waals surface area contributed by atoms with Crippen molar-refractivity contribution >= 4 is 22.1 Å². The highest BCUT2D eigenvalue weighted by molar-refractivity contribution is 7.13. The molecule has 0 atom stereocenters. The summed E-state index contributed by atoms with van der Waals surface area (Å²) >= 11 is 1.60. The molecule has 0 N–H and O–H groups in total. The average Bonchev–Trinajstić information content (AvgIpc) is 3.43. The molecule has 5 rings (SSSR count). The molecule has 6 heteroatoms. The van der Waals surface area contributed by atoms with Gasteiger partial charge in [-0.05, 0) is 29.6 Å². The number of benzene rings is 2. The first-order valence-electron chi connectivity index (χ1n) is 8.83. The highest BCUT2D eigenvalue weighted by atomic mass is 32.1. The Morgan fingerprint density at radius 3 is 2.50 bits per heavy atom. The molecule has 3 aromatic heterocycles. The van der Waals surface area contributed by atoms with E-state index >= 15 is 0 Å². The lowest BCUT2D eigenvalue weighted by atomic mass is 10.1. The van der Waals surface area contributed by atoms with Gasteiger partial charge in [-0.25, -0.2) is 9.67 Å². The number of hydrogen-bond donors (Lipinski definition) is 0. The lowest BCUT2D eigenvalue weighted by Gasteiger charge is -2.09. The van der Waals surface area contributed by atoms with Crippen molar-refractivity contribution in [3.63, 3.8) is 0 Å². The minimum absolute atomic E-state index is 0.139. The van der Waals surface area contributed by atoms with Crippen molar-refractivity contribution in [3.8, 4) is 22.0 Å². The average molecular weight is 385 g/mol. The van der Waals surface area contributed by atoms with Crippen LogP contribution in [0.3, 0.4) is 0 Å². The summed E-state index contributed by atoms with van der Waals surface area (Å²) in [6, 6.07) is 21.2. The molecule has 0 aliphatic heterocycles. The van der Waals surface area contributed by atoms with E-state index in [-0.39, 0.29) is 12.1 Å². The Balaban J connectivity index is 1.59. The quantitative estimate of drug-likeness (QED) is 0.445. The van der Waals surface area contributed by atoms with E-state index in [4.69, 9.17) is 4.42 Å². The van der Waals surface area contributed by atoms with E-state index < -0.39 is 0 Å². The van der Waals surface area contributed by atoms with Crippen molar-refractivity contribution in [2.45, 2.75) is 6.54 Å². The second-order valence-corrected chi connectivity index (χ2v) is 7.29. The molecule has 5 nitrogen and oxygen atoms in total. The van der Waals surface area contributed by atoms with Crippen LogP contribution in [0.4, 0.5) is 0 Å². The van der Waals surface area contributed by atoms with Crippen molar-refractivity contribution < 1.29 is 4.42 Å². The molecule has 0 fully saturated rings. The molecule has 0 saturated heterocycles. The maximum atomic E-state index is 13.0. The molecule has 2 aromatic carbocycles. The lowest BCUT2D eigenvalue weighted by Crippen LogP contribution is -2.24. The number of aromatic nitrogens is 3. The molecule has 0 spiro atoms. The first kappa shape index (κ1) is 16.6. The fourth-order valence-electron chi connectivity index (χ4n) is 3.18. The number of nitrogens with zero attached hydrogens (tertiary/aromatic N) is 3. The van der Waals surface area contributed by atoms with Crippen LogP contribution in [0.5, 0.6) is 0 Å². The molecule has 0 amide bonds. The minimum Gasteiger partial charge on any atom is -0.444 e. The highest BCUT2D eigenvalue weighted by Gasteiger charge is 2.14. The third-order valence-corrected chi connectivity index (χ3v) is 5.38. The van der Waals surface area contributed by atoms with E-state index in [0.717, 1.165) is 21.5 Å². The van der Waals surface area contributed by atoms with Crippen LogP contribution in [0.15, 0.2) is 87.6 Å². The molecule has 0 bridgehead atoms. The van der Waals surface area contributed by atoms with Crippen LogP contribution in [0.1, 0.15) is 5.69 Å².